The van der Waals surface area contributed by atoms with E-state index in [1.807, 2.05) is 42.5 Å². The molecule has 0 aliphatic heterocycles. The molecule has 0 amide bonds. The average molecular weight is 451 g/mol. The molecule has 2 aromatic heterocycles. The third kappa shape index (κ3) is 6.66. The lowest BCUT2D eigenvalue weighted by Gasteiger charge is -2.11. The Hall–Kier alpha value is -2.22. The van der Waals surface area contributed by atoms with Gasteiger partial charge in [0.25, 0.3) is 0 Å². The summed E-state index contributed by atoms with van der Waals surface area (Å²) in [7, 11) is 0. The van der Waals surface area contributed by atoms with Crippen molar-refractivity contribution in [3.63, 3.8) is 0 Å². The predicted octanol–water partition coefficient (Wildman–Crippen LogP) is 3.97. The van der Waals surface area contributed by atoms with Gasteiger partial charge in [-0.2, -0.15) is 0 Å². The van der Waals surface area contributed by atoms with Crippen LogP contribution in [0.1, 0.15) is 17.1 Å². The van der Waals surface area contributed by atoms with Crippen LogP contribution < -0.4 is 10.6 Å². The van der Waals surface area contributed by atoms with E-state index in [-0.39, 0.29) is 24.0 Å². The van der Waals surface area contributed by atoms with Crippen molar-refractivity contribution in [1.82, 2.24) is 10.6 Å². The molecular weight excluding hydrogens is 429 g/mol. The molecule has 5 nitrogen and oxygen atoms in total. The Bertz CT molecular complexity index is 725. The zero-order valence-corrected chi connectivity index (χ0v) is 16.2. The second-order valence-corrected chi connectivity index (χ2v) is 5.34. The van der Waals surface area contributed by atoms with Gasteiger partial charge in [0.1, 0.15) is 11.5 Å². The molecule has 25 heavy (non-hydrogen) atoms. The fourth-order valence-corrected chi connectivity index (χ4v) is 2.27. The van der Waals surface area contributed by atoms with E-state index in [9.17, 15) is 0 Å². The van der Waals surface area contributed by atoms with Crippen molar-refractivity contribution >= 4 is 29.9 Å². The lowest BCUT2D eigenvalue weighted by atomic mass is 10.2. The standard InChI is InChI=1S/C19H21N3O2.HI/c1-2-6-16(7-3-1)14-21-19(22-15-18-9-5-13-24-18)20-11-10-17-8-4-12-23-17;/h1-9,12-13H,10-11,14-15H2,(H2,20,21,22);1H. The third-order valence-corrected chi connectivity index (χ3v) is 3.52. The first kappa shape index (κ1) is 19.1. The van der Waals surface area contributed by atoms with Crippen LogP contribution >= 0.6 is 24.0 Å². The van der Waals surface area contributed by atoms with E-state index in [2.05, 4.69) is 27.8 Å². The second-order valence-electron chi connectivity index (χ2n) is 5.34. The van der Waals surface area contributed by atoms with Gasteiger partial charge in [0.05, 0.1) is 25.6 Å². The number of hydrogen-bond donors (Lipinski definition) is 2. The van der Waals surface area contributed by atoms with Gasteiger partial charge in [-0.1, -0.05) is 30.3 Å². The van der Waals surface area contributed by atoms with Crippen molar-refractivity contribution in [3.05, 3.63) is 84.2 Å². The maximum atomic E-state index is 5.35. The Morgan fingerprint density at radius 2 is 1.56 bits per heavy atom. The Morgan fingerprint density at radius 3 is 2.24 bits per heavy atom. The number of rotatable bonds is 7. The van der Waals surface area contributed by atoms with Gasteiger partial charge in [0.15, 0.2) is 5.96 Å². The number of guanidine groups is 1. The predicted molar refractivity (Wildman–Crippen MR) is 109 cm³/mol. The summed E-state index contributed by atoms with van der Waals surface area (Å²) in [6.45, 7) is 1.95. The van der Waals surface area contributed by atoms with Gasteiger partial charge in [0.2, 0.25) is 0 Å². The van der Waals surface area contributed by atoms with E-state index in [0.717, 1.165) is 30.4 Å². The number of benzene rings is 1. The fraction of sp³-hybridized carbons (Fsp3) is 0.211. The molecule has 1 aromatic carbocycles. The van der Waals surface area contributed by atoms with E-state index in [4.69, 9.17) is 8.83 Å². The van der Waals surface area contributed by atoms with Crippen molar-refractivity contribution in [2.24, 2.45) is 4.99 Å². The molecule has 0 spiro atoms. The molecule has 0 unspecified atom stereocenters. The summed E-state index contributed by atoms with van der Waals surface area (Å²) in [5.41, 5.74) is 1.17. The molecule has 0 fully saturated rings. The molecule has 0 atom stereocenters. The lowest BCUT2D eigenvalue weighted by molar-refractivity contribution is 0.498. The van der Waals surface area contributed by atoms with E-state index in [1.54, 1.807) is 12.5 Å². The Kier molecular flexibility index (Phi) is 8.11. The first-order chi connectivity index (χ1) is 11.9. The minimum Gasteiger partial charge on any atom is -0.469 e. The molecule has 3 rings (SSSR count). The molecule has 0 bridgehead atoms. The second kappa shape index (κ2) is 10.6. The maximum absolute atomic E-state index is 5.35. The maximum Gasteiger partial charge on any atom is 0.191 e. The van der Waals surface area contributed by atoms with Gasteiger partial charge in [-0.05, 0) is 29.8 Å². The fourth-order valence-electron chi connectivity index (χ4n) is 2.27. The number of nitrogens with zero attached hydrogens (tertiary/aromatic N) is 1. The monoisotopic (exact) mass is 451 g/mol. The van der Waals surface area contributed by atoms with Gasteiger partial charge >= 0.3 is 0 Å². The highest BCUT2D eigenvalue weighted by Gasteiger charge is 2.02. The first-order valence-corrected chi connectivity index (χ1v) is 8.01. The van der Waals surface area contributed by atoms with Gasteiger partial charge in [0, 0.05) is 13.0 Å². The molecule has 132 valence electrons. The van der Waals surface area contributed by atoms with Crippen LogP contribution in [0, 0.1) is 0 Å². The molecule has 0 saturated heterocycles. The van der Waals surface area contributed by atoms with Crippen LogP contribution in [0.25, 0.3) is 0 Å². The highest BCUT2D eigenvalue weighted by molar-refractivity contribution is 14.0. The number of furan rings is 2. The molecule has 2 heterocycles. The summed E-state index contributed by atoms with van der Waals surface area (Å²) < 4.78 is 10.7. The van der Waals surface area contributed by atoms with Crippen molar-refractivity contribution < 1.29 is 8.83 Å². The molecule has 2 N–H and O–H groups in total. The van der Waals surface area contributed by atoms with Crippen molar-refractivity contribution in [1.29, 1.82) is 0 Å². The number of nitrogens with one attached hydrogen (secondary N) is 2. The molecule has 0 aliphatic carbocycles. The Balaban J connectivity index is 0.00000225. The smallest absolute Gasteiger partial charge is 0.191 e. The summed E-state index contributed by atoms with van der Waals surface area (Å²) in [6, 6.07) is 17.9. The van der Waals surface area contributed by atoms with Crippen molar-refractivity contribution in [2.45, 2.75) is 19.5 Å². The lowest BCUT2D eigenvalue weighted by Crippen LogP contribution is -2.38. The van der Waals surface area contributed by atoms with Gasteiger partial charge in [-0.3, -0.25) is 0 Å². The van der Waals surface area contributed by atoms with Crippen LogP contribution in [0.15, 0.2) is 81.0 Å². The summed E-state index contributed by atoms with van der Waals surface area (Å²) in [4.78, 5) is 4.63. The first-order valence-electron chi connectivity index (χ1n) is 8.01. The van der Waals surface area contributed by atoms with E-state index in [0.29, 0.717) is 13.1 Å². The van der Waals surface area contributed by atoms with Gasteiger partial charge in [-0.15, -0.1) is 24.0 Å². The Labute approximate surface area is 164 Å². The van der Waals surface area contributed by atoms with Crippen molar-refractivity contribution in [2.75, 3.05) is 6.54 Å². The summed E-state index contributed by atoms with van der Waals surface area (Å²) in [5.74, 6) is 2.58. The summed E-state index contributed by atoms with van der Waals surface area (Å²) >= 11 is 0. The molecule has 0 aliphatic rings. The van der Waals surface area contributed by atoms with E-state index < -0.39 is 0 Å². The van der Waals surface area contributed by atoms with Crippen LogP contribution in [0.2, 0.25) is 0 Å². The normalized spacial score (nSPS) is 11.0. The van der Waals surface area contributed by atoms with E-state index in [1.165, 1.54) is 5.56 Å². The van der Waals surface area contributed by atoms with Crippen molar-refractivity contribution in [3.8, 4) is 0 Å². The Morgan fingerprint density at radius 1 is 0.840 bits per heavy atom. The van der Waals surface area contributed by atoms with Crippen LogP contribution in [0.4, 0.5) is 0 Å². The molecule has 0 radical (unpaired) electrons. The summed E-state index contributed by atoms with van der Waals surface area (Å²) in [6.07, 6.45) is 4.16. The van der Waals surface area contributed by atoms with Gasteiger partial charge < -0.3 is 19.5 Å². The minimum atomic E-state index is 0. The highest BCUT2D eigenvalue weighted by Crippen LogP contribution is 2.02. The zero-order valence-electron chi connectivity index (χ0n) is 13.9. The molecule has 0 saturated carbocycles. The highest BCUT2D eigenvalue weighted by atomic mass is 127. The van der Waals surface area contributed by atoms with Crippen LogP contribution in [0.5, 0.6) is 0 Å². The largest absolute Gasteiger partial charge is 0.469 e. The van der Waals surface area contributed by atoms with Crippen LogP contribution in [0.3, 0.4) is 0 Å². The topological polar surface area (TPSA) is 62.7 Å². The molecule has 6 heteroatoms. The average Bonchev–Trinajstić information content (AvgIpc) is 3.31. The van der Waals surface area contributed by atoms with Gasteiger partial charge in [-0.25, -0.2) is 4.99 Å². The number of halogens is 1. The third-order valence-electron chi connectivity index (χ3n) is 3.52. The van der Waals surface area contributed by atoms with Crippen LogP contribution in [-0.2, 0) is 19.5 Å². The van der Waals surface area contributed by atoms with E-state index >= 15 is 0 Å². The number of aliphatic imine (C=N–C) groups is 1. The SMILES string of the molecule is I.c1ccc(CN=C(NCCc2ccco2)NCc2ccco2)cc1. The molecular formula is C19H22IN3O2. The zero-order chi connectivity index (χ0) is 16.5. The summed E-state index contributed by atoms with van der Waals surface area (Å²) in [5, 5.41) is 6.61. The number of hydrogen-bond acceptors (Lipinski definition) is 3. The van der Waals surface area contributed by atoms with Crippen LogP contribution in [-0.4, -0.2) is 12.5 Å². The quantitative estimate of drug-likeness (QED) is 0.324. The minimum absolute atomic E-state index is 0. The molecule has 3 aromatic rings.